The summed E-state index contributed by atoms with van der Waals surface area (Å²) in [5.74, 6) is 1.66. The highest BCUT2D eigenvalue weighted by Gasteiger charge is 2.23. The maximum absolute atomic E-state index is 5.18. The summed E-state index contributed by atoms with van der Waals surface area (Å²) in [6.45, 7) is 8.22. The van der Waals surface area contributed by atoms with Crippen molar-refractivity contribution < 1.29 is 4.74 Å². The Kier molecular flexibility index (Phi) is 5.08. The summed E-state index contributed by atoms with van der Waals surface area (Å²) in [6, 6.07) is 8.72. The normalized spacial score (nSPS) is 21.9. The van der Waals surface area contributed by atoms with E-state index in [1.54, 1.807) is 7.11 Å². The number of ether oxygens (including phenoxy) is 1. The molecule has 1 N–H and O–H groups in total. The van der Waals surface area contributed by atoms with Gasteiger partial charge in [0.05, 0.1) is 7.11 Å². The molecule has 0 radical (unpaired) electrons. The first kappa shape index (κ1) is 14.2. The van der Waals surface area contributed by atoms with Crippen LogP contribution in [0.1, 0.15) is 26.7 Å². The second-order valence-corrected chi connectivity index (χ2v) is 5.46. The average Bonchev–Trinajstić information content (AvgIpc) is 2.48. The molecular weight excluding hydrogens is 236 g/mol. The Morgan fingerprint density at radius 2 is 2.11 bits per heavy atom. The van der Waals surface area contributed by atoms with Gasteiger partial charge in [-0.3, -0.25) is 0 Å². The average molecular weight is 262 g/mol. The zero-order valence-corrected chi connectivity index (χ0v) is 12.4. The summed E-state index contributed by atoms with van der Waals surface area (Å²) in [7, 11) is 1.70. The molecule has 3 nitrogen and oxygen atoms in total. The summed E-state index contributed by atoms with van der Waals surface area (Å²) in [4.78, 5) is 2.56. The molecule has 1 aliphatic heterocycles. The molecule has 1 aromatic rings. The highest BCUT2D eigenvalue weighted by Crippen LogP contribution is 2.23. The molecule has 0 aromatic heterocycles. The van der Waals surface area contributed by atoms with Gasteiger partial charge in [-0.2, -0.15) is 0 Å². The van der Waals surface area contributed by atoms with Crippen LogP contribution < -0.4 is 10.1 Å². The van der Waals surface area contributed by atoms with E-state index in [0.29, 0.717) is 6.04 Å². The highest BCUT2D eigenvalue weighted by molar-refractivity contribution is 5.47. The van der Waals surface area contributed by atoms with Gasteiger partial charge in [-0.15, -0.1) is 0 Å². The molecule has 0 amide bonds. The van der Waals surface area contributed by atoms with Crippen molar-refractivity contribution in [1.29, 1.82) is 0 Å². The Morgan fingerprint density at radius 3 is 2.74 bits per heavy atom. The van der Waals surface area contributed by atoms with Crippen LogP contribution in [0.15, 0.2) is 24.3 Å². The fourth-order valence-corrected chi connectivity index (χ4v) is 2.85. The first-order valence-electron chi connectivity index (χ1n) is 7.36. The number of rotatable bonds is 5. The second kappa shape index (κ2) is 6.80. The minimum Gasteiger partial charge on any atom is -0.497 e. The van der Waals surface area contributed by atoms with Gasteiger partial charge in [-0.05, 0) is 63.0 Å². The summed E-state index contributed by atoms with van der Waals surface area (Å²) < 4.78 is 5.18. The van der Waals surface area contributed by atoms with Crippen LogP contribution in [0.4, 0.5) is 5.69 Å². The van der Waals surface area contributed by atoms with Gasteiger partial charge in [-0.1, -0.05) is 6.92 Å². The molecule has 1 fully saturated rings. The van der Waals surface area contributed by atoms with Gasteiger partial charge in [0.25, 0.3) is 0 Å². The van der Waals surface area contributed by atoms with Crippen molar-refractivity contribution >= 4 is 5.69 Å². The molecule has 106 valence electrons. The minimum atomic E-state index is 0.516. The molecule has 19 heavy (non-hydrogen) atoms. The third kappa shape index (κ3) is 3.87. The SMILES string of the molecule is CCN1CCCC(C(C)Nc2ccc(OC)cc2)C1. The van der Waals surface area contributed by atoms with E-state index < -0.39 is 0 Å². The lowest BCUT2D eigenvalue weighted by atomic mass is 9.91. The van der Waals surface area contributed by atoms with Crippen LogP contribution in [0.2, 0.25) is 0 Å². The number of nitrogens with one attached hydrogen (secondary N) is 1. The van der Waals surface area contributed by atoms with E-state index in [2.05, 4.69) is 36.2 Å². The third-order valence-corrected chi connectivity index (χ3v) is 4.18. The minimum absolute atomic E-state index is 0.516. The second-order valence-electron chi connectivity index (χ2n) is 5.46. The molecule has 0 saturated carbocycles. The molecule has 1 heterocycles. The monoisotopic (exact) mass is 262 g/mol. The fourth-order valence-electron chi connectivity index (χ4n) is 2.85. The lowest BCUT2D eigenvalue weighted by Crippen LogP contribution is -2.41. The summed E-state index contributed by atoms with van der Waals surface area (Å²) >= 11 is 0. The van der Waals surface area contributed by atoms with Crippen LogP contribution in [0.5, 0.6) is 5.75 Å². The Bertz CT molecular complexity index is 377. The van der Waals surface area contributed by atoms with Gasteiger partial charge in [0.15, 0.2) is 0 Å². The van der Waals surface area contributed by atoms with Gasteiger partial charge in [0.1, 0.15) is 5.75 Å². The maximum Gasteiger partial charge on any atom is 0.119 e. The molecule has 0 spiro atoms. The number of hydrogen-bond acceptors (Lipinski definition) is 3. The molecular formula is C16H26N2O. The lowest BCUT2D eigenvalue weighted by Gasteiger charge is -2.35. The van der Waals surface area contributed by atoms with Crippen LogP contribution in [0, 0.1) is 5.92 Å². The smallest absolute Gasteiger partial charge is 0.119 e. The predicted octanol–water partition coefficient (Wildman–Crippen LogP) is 3.23. The molecule has 1 aromatic carbocycles. The van der Waals surface area contributed by atoms with Crippen molar-refractivity contribution in [3.63, 3.8) is 0 Å². The predicted molar refractivity (Wildman–Crippen MR) is 80.9 cm³/mol. The molecule has 2 rings (SSSR count). The Hall–Kier alpha value is -1.22. The Morgan fingerprint density at radius 1 is 1.37 bits per heavy atom. The zero-order valence-electron chi connectivity index (χ0n) is 12.4. The van der Waals surface area contributed by atoms with Gasteiger partial charge in [0.2, 0.25) is 0 Å². The topological polar surface area (TPSA) is 24.5 Å². The standard InChI is InChI=1S/C16H26N2O/c1-4-18-11-5-6-14(12-18)13(2)17-15-7-9-16(19-3)10-8-15/h7-10,13-14,17H,4-6,11-12H2,1-3H3. The first-order chi connectivity index (χ1) is 9.22. The van der Waals surface area contributed by atoms with E-state index in [4.69, 9.17) is 4.74 Å². The van der Waals surface area contributed by atoms with Gasteiger partial charge in [-0.25, -0.2) is 0 Å². The molecule has 1 aliphatic rings. The first-order valence-corrected chi connectivity index (χ1v) is 7.36. The molecule has 0 bridgehead atoms. The van der Waals surface area contributed by atoms with E-state index in [-0.39, 0.29) is 0 Å². The van der Waals surface area contributed by atoms with Gasteiger partial charge >= 0.3 is 0 Å². The van der Waals surface area contributed by atoms with Crippen LogP contribution in [0.25, 0.3) is 0 Å². The number of piperidine rings is 1. The van der Waals surface area contributed by atoms with Crippen molar-refractivity contribution in [2.45, 2.75) is 32.7 Å². The number of nitrogens with zero attached hydrogens (tertiary/aromatic N) is 1. The van der Waals surface area contributed by atoms with Gasteiger partial charge < -0.3 is 15.0 Å². The summed E-state index contributed by atoms with van der Waals surface area (Å²) in [5.41, 5.74) is 1.18. The van der Waals surface area contributed by atoms with Crippen LogP contribution in [-0.4, -0.2) is 37.7 Å². The largest absolute Gasteiger partial charge is 0.497 e. The molecule has 1 saturated heterocycles. The highest BCUT2D eigenvalue weighted by atomic mass is 16.5. The van der Waals surface area contributed by atoms with Crippen molar-refractivity contribution in [2.24, 2.45) is 5.92 Å². The van der Waals surface area contributed by atoms with Crippen LogP contribution in [0.3, 0.4) is 0 Å². The zero-order chi connectivity index (χ0) is 13.7. The molecule has 2 atom stereocenters. The quantitative estimate of drug-likeness (QED) is 0.881. The fraction of sp³-hybridized carbons (Fsp3) is 0.625. The number of methoxy groups -OCH3 is 1. The van der Waals surface area contributed by atoms with Crippen LogP contribution in [-0.2, 0) is 0 Å². The molecule has 3 heteroatoms. The Balaban J connectivity index is 1.90. The molecule has 2 unspecified atom stereocenters. The van der Waals surface area contributed by atoms with E-state index in [1.807, 2.05) is 12.1 Å². The van der Waals surface area contributed by atoms with Crippen LogP contribution >= 0.6 is 0 Å². The summed E-state index contributed by atoms with van der Waals surface area (Å²) in [6.07, 6.45) is 2.66. The van der Waals surface area contributed by atoms with E-state index >= 15 is 0 Å². The lowest BCUT2D eigenvalue weighted by molar-refractivity contribution is 0.172. The van der Waals surface area contributed by atoms with E-state index in [9.17, 15) is 0 Å². The third-order valence-electron chi connectivity index (χ3n) is 4.18. The number of benzene rings is 1. The van der Waals surface area contributed by atoms with Crippen molar-refractivity contribution in [2.75, 3.05) is 32.1 Å². The number of likely N-dealkylation sites (tertiary alicyclic amines) is 1. The number of hydrogen-bond donors (Lipinski definition) is 1. The number of anilines is 1. The summed E-state index contributed by atoms with van der Waals surface area (Å²) in [5, 5.41) is 3.63. The van der Waals surface area contributed by atoms with Crippen molar-refractivity contribution in [1.82, 2.24) is 4.90 Å². The van der Waals surface area contributed by atoms with E-state index in [1.165, 1.54) is 38.2 Å². The van der Waals surface area contributed by atoms with Gasteiger partial charge in [0, 0.05) is 18.3 Å². The van der Waals surface area contributed by atoms with Crippen molar-refractivity contribution in [3.8, 4) is 5.75 Å². The van der Waals surface area contributed by atoms with E-state index in [0.717, 1.165) is 11.7 Å². The maximum atomic E-state index is 5.18. The Labute approximate surface area is 116 Å². The molecule has 0 aliphatic carbocycles. The van der Waals surface area contributed by atoms with Crippen molar-refractivity contribution in [3.05, 3.63) is 24.3 Å².